The highest BCUT2D eigenvalue weighted by Crippen LogP contribution is 2.12. The number of unbranched alkanes of at least 4 members (excludes halogenated alkanes) is 1. The predicted octanol–water partition coefficient (Wildman–Crippen LogP) is 0.783. The van der Waals surface area contributed by atoms with Gasteiger partial charge in [0.2, 0.25) is 5.91 Å². The molecule has 1 amide bonds. The quantitative estimate of drug-likeness (QED) is 0.499. The molecule has 0 heterocycles. The molecule has 0 rings (SSSR count). The molecule has 0 aliphatic heterocycles. The van der Waals surface area contributed by atoms with Gasteiger partial charge in [0.15, 0.2) is 0 Å². The number of primary amides is 1. The largest absolute Gasteiger partial charge is 0.389 e. The molecule has 0 aromatic rings. The van der Waals surface area contributed by atoms with E-state index in [1.54, 1.807) is 0 Å². The van der Waals surface area contributed by atoms with Gasteiger partial charge in [-0.15, -0.1) is 0 Å². The van der Waals surface area contributed by atoms with Gasteiger partial charge >= 0.3 is 0 Å². The van der Waals surface area contributed by atoms with Gasteiger partial charge in [0.1, 0.15) is 0 Å². The summed E-state index contributed by atoms with van der Waals surface area (Å²) in [6, 6.07) is 0. The minimum Gasteiger partial charge on any atom is -0.389 e. The van der Waals surface area contributed by atoms with Crippen molar-refractivity contribution in [2.75, 3.05) is 13.1 Å². The number of carbonyl (C=O) groups excluding carboxylic acids is 1. The topological polar surface area (TPSA) is 75.3 Å². The van der Waals surface area contributed by atoms with Crippen molar-refractivity contribution < 1.29 is 9.90 Å². The monoisotopic (exact) mass is 216 g/mol. The third-order valence-corrected chi connectivity index (χ3v) is 2.80. The molecule has 0 radical (unpaired) electrons. The van der Waals surface area contributed by atoms with Crippen LogP contribution in [-0.2, 0) is 4.79 Å². The van der Waals surface area contributed by atoms with E-state index in [2.05, 4.69) is 5.32 Å². The number of nitrogens with one attached hydrogen (secondary N) is 1. The molecule has 0 aromatic carbocycles. The zero-order valence-electron chi connectivity index (χ0n) is 9.88. The normalized spacial score (nSPS) is 11.7. The summed E-state index contributed by atoms with van der Waals surface area (Å²) in [6.45, 7) is 5.42. The van der Waals surface area contributed by atoms with E-state index in [9.17, 15) is 9.90 Å². The molecule has 0 aromatic heterocycles. The lowest BCUT2D eigenvalue weighted by Gasteiger charge is -2.25. The van der Waals surface area contributed by atoms with Crippen LogP contribution in [0.3, 0.4) is 0 Å². The maximum Gasteiger partial charge on any atom is 0.217 e. The van der Waals surface area contributed by atoms with Gasteiger partial charge in [-0.25, -0.2) is 0 Å². The Kier molecular flexibility index (Phi) is 7.34. The van der Waals surface area contributed by atoms with Crippen molar-refractivity contribution in [1.29, 1.82) is 0 Å². The summed E-state index contributed by atoms with van der Waals surface area (Å²) in [4.78, 5) is 10.4. The van der Waals surface area contributed by atoms with E-state index < -0.39 is 5.60 Å². The molecule has 0 atom stereocenters. The lowest BCUT2D eigenvalue weighted by atomic mass is 9.97. The van der Waals surface area contributed by atoms with Crippen LogP contribution < -0.4 is 11.1 Å². The van der Waals surface area contributed by atoms with E-state index in [1.807, 2.05) is 13.8 Å². The fourth-order valence-corrected chi connectivity index (χ4v) is 1.37. The molecule has 0 saturated heterocycles. The zero-order valence-corrected chi connectivity index (χ0v) is 9.88. The van der Waals surface area contributed by atoms with Crippen molar-refractivity contribution in [2.45, 2.75) is 51.6 Å². The van der Waals surface area contributed by atoms with Crippen molar-refractivity contribution in [2.24, 2.45) is 5.73 Å². The van der Waals surface area contributed by atoms with Crippen LogP contribution in [0.4, 0.5) is 0 Å². The number of hydrogen-bond donors (Lipinski definition) is 3. The van der Waals surface area contributed by atoms with Crippen LogP contribution in [0.2, 0.25) is 0 Å². The van der Waals surface area contributed by atoms with Crippen LogP contribution >= 0.6 is 0 Å². The van der Waals surface area contributed by atoms with E-state index in [4.69, 9.17) is 5.73 Å². The summed E-state index contributed by atoms with van der Waals surface area (Å²) in [5, 5.41) is 13.1. The standard InChI is InChI=1S/C11H24N2O2/c1-3-11(15,4-2)9-13-8-6-5-7-10(12)14/h13,15H,3-9H2,1-2H3,(H2,12,14). The lowest BCUT2D eigenvalue weighted by Crippen LogP contribution is -2.39. The molecule has 0 saturated carbocycles. The highest BCUT2D eigenvalue weighted by Gasteiger charge is 2.20. The average Bonchev–Trinajstić information content (AvgIpc) is 2.22. The molecule has 0 fully saturated rings. The molecular formula is C11H24N2O2. The van der Waals surface area contributed by atoms with Crippen molar-refractivity contribution in [3.8, 4) is 0 Å². The van der Waals surface area contributed by atoms with E-state index in [0.29, 0.717) is 13.0 Å². The molecule has 90 valence electrons. The Morgan fingerprint density at radius 3 is 2.40 bits per heavy atom. The average molecular weight is 216 g/mol. The van der Waals surface area contributed by atoms with Crippen LogP contribution in [0.5, 0.6) is 0 Å². The smallest absolute Gasteiger partial charge is 0.217 e. The predicted molar refractivity (Wildman–Crippen MR) is 61.4 cm³/mol. The summed E-state index contributed by atoms with van der Waals surface area (Å²) in [6.07, 6.45) is 3.72. The third-order valence-electron chi connectivity index (χ3n) is 2.80. The highest BCUT2D eigenvalue weighted by molar-refractivity contribution is 5.73. The number of hydrogen-bond acceptors (Lipinski definition) is 3. The van der Waals surface area contributed by atoms with Crippen molar-refractivity contribution in [3.05, 3.63) is 0 Å². The van der Waals surface area contributed by atoms with Gasteiger partial charge in [-0.3, -0.25) is 4.79 Å². The molecule has 0 spiro atoms. The first-order valence-corrected chi connectivity index (χ1v) is 5.75. The van der Waals surface area contributed by atoms with Gasteiger partial charge in [-0.2, -0.15) is 0 Å². The number of aliphatic hydroxyl groups is 1. The maximum atomic E-state index is 10.4. The molecular weight excluding hydrogens is 192 g/mol. The molecule has 4 N–H and O–H groups in total. The van der Waals surface area contributed by atoms with Crippen molar-refractivity contribution in [3.63, 3.8) is 0 Å². The van der Waals surface area contributed by atoms with Crippen LogP contribution in [0, 0.1) is 0 Å². The number of amides is 1. The molecule has 4 nitrogen and oxygen atoms in total. The summed E-state index contributed by atoms with van der Waals surface area (Å²) < 4.78 is 0. The summed E-state index contributed by atoms with van der Waals surface area (Å²) in [5.41, 5.74) is 4.44. The second-order valence-corrected chi connectivity index (χ2v) is 4.03. The fourth-order valence-electron chi connectivity index (χ4n) is 1.37. The molecule has 0 aliphatic carbocycles. The summed E-state index contributed by atoms with van der Waals surface area (Å²) in [5.74, 6) is -0.242. The first-order valence-electron chi connectivity index (χ1n) is 5.75. The first-order chi connectivity index (χ1) is 7.04. The van der Waals surface area contributed by atoms with E-state index >= 15 is 0 Å². The number of nitrogens with two attached hydrogens (primary N) is 1. The van der Waals surface area contributed by atoms with E-state index in [-0.39, 0.29) is 5.91 Å². The Morgan fingerprint density at radius 2 is 1.93 bits per heavy atom. The second-order valence-electron chi connectivity index (χ2n) is 4.03. The van der Waals surface area contributed by atoms with Crippen LogP contribution in [0.1, 0.15) is 46.0 Å². The third kappa shape index (κ3) is 7.33. The Balaban J connectivity index is 3.41. The summed E-state index contributed by atoms with van der Waals surface area (Å²) >= 11 is 0. The van der Waals surface area contributed by atoms with Gasteiger partial charge in [-0.05, 0) is 32.2 Å². The maximum absolute atomic E-state index is 10.4. The Labute approximate surface area is 92.2 Å². The van der Waals surface area contributed by atoms with Crippen molar-refractivity contribution >= 4 is 5.91 Å². The minimum atomic E-state index is -0.580. The van der Waals surface area contributed by atoms with Gasteiger partial charge < -0.3 is 16.2 Å². The lowest BCUT2D eigenvalue weighted by molar-refractivity contribution is -0.118. The zero-order chi connectivity index (χ0) is 11.7. The first kappa shape index (κ1) is 14.4. The van der Waals surface area contributed by atoms with Gasteiger partial charge in [0.25, 0.3) is 0 Å². The minimum absolute atomic E-state index is 0.242. The van der Waals surface area contributed by atoms with Gasteiger partial charge in [-0.1, -0.05) is 13.8 Å². The van der Waals surface area contributed by atoms with Crippen LogP contribution in [-0.4, -0.2) is 29.7 Å². The summed E-state index contributed by atoms with van der Waals surface area (Å²) in [7, 11) is 0. The Bertz CT molecular complexity index is 179. The second kappa shape index (κ2) is 7.65. The van der Waals surface area contributed by atoms with E-state index in [1.165, 1.54) is 0 Å². The molecule has 4 heteroatoms. The highest BCUT2D eigenvalue weighted by atomic mass is 16.3. The Hall–Kier alpha value is -0.610. The van der Waals surface area contributed by atoms with Crippen molar-refractivity contribution in [1.82, 2.24) is 5.32 Å². The SMILES string of the molecule is CCC(O)(CC)CNCCCCC(N)=O. The number of carbonyl (C=O) groups is 1. The van der Waals surface area contributed by atoms with Gasteiger partial charge in [0.05, 0.1) is 5.60 Å². The fraction of sp³-hybridized carbons (Fsp3) is 0.909. The van der Waals surface area contributed by atoms with Gasteiger partial charge in [0, 0.05) is 13.0 Å². The van der Waals surface area contributed by atoms with Crippen LogP contribution in [0.25, 0.3) is 0 Å². The molecule has 15 heavy (non-hydrogen) atoms. The van der Waals surface area contributed by atoms with E-state index in [0.717, 1.165) is 32.2 Å². The molecule has 0 aliphatic rings. The molecule has 0 bridgehead atoms. The van der Waals surface area contributed by atoms with Crippen LogP contribution in [0.15, 0.2) is 0 Å². The molecule has 0 unspecified atom stereocenters. The number of rotatable bonds is 9. The Morgan fingerprint density at radius 1 is 1.33 bits per heavy atom.